The fourth-order valence-corrected chi connectivity index (χ4v) is 4.30. The van der Waals surface area contributed by atoms with Gasteiger partial charge in [0.2, 0.25) is 0 Å². The molecular formula is C14H18N4OS. The fourth-order valence-electron chi connectivity index (χ4n) is 3.41. The number of hydrogen-bond donors (Lipinski definition) is 0. The summed E-state index contributed by atoms with van der Waals surface area (Å²) in [4.78, 5) is 19.0. The van der Waals surface area contributed by atoms with E-state index in [0.29, 0.717) is 6.54 Å². The van der Waals surface area contributed by atoms with Crippen LogP contribution in [0.1, 0.15) is 40.2 Å². The van der Waals surface area contributed by atoms with Crippen molar-refractivity contribution in [2.45, 2.75) is 32.2 Å². The van der Waals surface area contributed by atoms with Gasteiger partial charge in [-0.25, -0.2) is 0 Å². The van der Waals surface area contributed by atoms with Crippen LogP contribution in [0, 0.1) is 11.8 Å². The highest BCUT2D eigenvalue weighted by Gasteiger charge is 2.36. The normalized spacial score (nSPS) is 25.1. The molecular weight excluding hydrogens is 272 g/mol. The van der Waals surface area contributed by atoms with Crippen LogP contribution in [0.3, 0.4) is 0 Å². The Labute approximate surface area is 122 Å². The summed E-state index contributed by atoms with van der Waals surface area (Å²) in [5, 5.41) is 3.54. The summed E-state index contributed by atoms with van der Waals surface area (Å²) in [5.41, 5.74) is 8.32. The first kappa shape index (κ1) is 13.5. The largest absolute Gasteiger partial charge is 0.337 e. The van der Waals surface area contributed by atoms with Crippen LogP contribution in [0.4, 0.5) is 0 Å². The fraction of sp³-hybridized carbons (Fsp3) is 0.643. The molecule has 106 valence electrons. The van der Waals surface area contributed by atoms with E-state index in [1.54, 1.807) is 0 Å². The average molecular weight is 290 g/mol. The van der Waals surface area contributed by atoms with Gasteiger partial charge in [0.05, 0.1) is 11.4 Å². The van der Waals surface area contributed by atoms with Crippen molar-refractivity contribution in [1.82, 2.24) is 4.90 Å². The van der Waals surface area contributed by atoms with Gasteiger partial charge in [0.25, 0.3) is 5.91 Å². The van der Waals surface area contributed by atoms with Crippen molar-refractivity contribution in [1.29, 1.82) is 0 Å². The van der Waals surface area contributed by atoms with Crippen molar-refractivity contribution < 1.29 is 4.79 Å². The third-order valence-electron chi connectivity index (χ3n) is 4.43. The molecule has 0 bridgehead atoms. The molecule has 1 aliphatic heterocycles. The Morgan fingerprint density at radius 2 is 2.05 bits per heavy atom. The lowest BCUT2D eigenvalue weighted by atomic mass is 9.82. The van der Waals surface area contributed by atoms with Gasteiger partial charge in [0.1, 0.15) is 0 Å². The van der Waals surface area contributed by atoms with Gasteiger partial charge in [0, 0.05) is 22.9 Å². The number of nitrogens with zero attached hydrogens (tertiary/aromatic N) is 4. The van der Waals surface area contributed by atoms with Gasteiger partial charge in [0.15, 0.2) is 0 Å². The number of carbonyl (C=O) groups is 1. The molecule has 2 atom stereocenters. The molecule has 1 saturated heterocycles. The monoisotopic (exact) mass is 290 g/mol. The minimum Gasteiger partial charge on any atom is -0.337 e. The lowest BCUT2D eigenvalue weighted by Gasteiger charge is -2.22. The van der Waals surface area contributed by atoms with Gasteiger partial charge < -0.3 is 4.90 Å². The van der Waals surface area contributed by atoms with Gasteiger partial charge in [-0.05, 0) is 42.3 Å². The minimum absolute atomic E-state index is 0.150. The Bertz CT molecular complexity index is 535. The molecule has 5 nitrogen and oxygen atoms in total. The lowest BCUT2D eigenvalue weighted by Crippen LogP contribution is -2.28. The lowest BCUT2D eigenvalue weighted by molar-refractivity contribution is 0.0789. The summed E-state index contributed by atoms with van der Waals surface area (Å²) in [6.45, 7) is 2.18. The number of fused-ring (bicyclic) bond motifs is 1. The zero-order valence-electron chi connectivity index (χ0n) is 11.4. The SMILES string of the molecule is [N-]=[N+]=NCc1ccc(C(=O)N2CC3CCCCC3C2)s1. The van der Waals surface area contributed by atoms with Crippen LogP contribution in [0.2, 0.25) is 0 Å². The van der Waals surface area contributed by atoms with Crippen molar-refractivity contribution in [3.8, 4) is 0 Å². The van der Waals surface area contributed by atoms with Crippen LogP contribution in [0.5, 0.6) is 0 Å². The Balaban J connectivity index is 1.66. The molecule has 0 spiro atoms. The standard InChI is InChI=1S/C14H18N4OS/c15-17-16-7-12-5-6-13(20-12)14(19)18-8-10-3-1-2-4-11(10)9-18/h5-6,10-11H,1-4,7-9H2. The molecule has 1 aliphatic carbocycles. The zero-order chi connectivity index (χ0) is 13.9. The van der Waals surface area contributed by atoms with Crippen molar-refractivity contribution in [2.75, 3.05) is 13.1 Å². The highest BCUT2D eigenvalue weighted by atomic mass is 32.1. The van der Waals surface area contributed by atoms with E-state index in [1.165, 1.54) is 37.0 Å². The van der Waals surface area contributed by atoms with Crippen LogP contribution in [-0.2, 0) is 6.54 Å². The van der Waals surface area contributed by atoms with Gasteiger partial charge in [-0.3, -0.25) is 4.79 Å². The molecule has 1 aromatic rings. The van der Waals surface area contributed by atoms with E-state index in [2.05, 4.69) is 10.0 Å². The van der Waals surface area contributed by atoms with Crippen LogP contribution >= 0.6 is 11.3 Å². The maximum atomic E-state index is 12.5. The van der Waals surface area contributed by atoms with Crippen molar-refractivity contribution in [2.24, 2.45) is 17.0 Å². The first-order valence-electron chi connectivity index (χ1n) is 7.17. The smallest absolute Gasteiger partial charge is 0.263 e. The van der Waals surface area contributed by atoms with Crippen molar-refractivity contribution in [3.05, 3.63) is 32.3 Å². The summed E-state index contributed by atoms with van der Waals surface area (Å²) in [6.07, 6.45) is 5.19. The van der Waals surface area contributed by atoms with E-state index < -0.39 is 0 Å². The summed E-state index contributed by atoms with van der Waals surface area (Å²) in [5.74, 6) is 1.59. The first-order valence-corrected chi connectivity index (χ1v) is 7.98. The molecule has 20 heavy (non-hydrogen) atoms. The molecule has 2 fully saturated rings. The molecule has 2 unspecified atom stereocenters. The molecule has 1 saturated carbocycles. The predicted octanol–water partition coefficient (Wildman–Crippen LogP) is 3.82. The van der Waals surface area contributed by atoms with Crippen LogP contribution < -0.4 is 0 Å². The van der Waals surface area contributed by atoms with Crippen LogP contribution in [0.15, 0.2) is 17.2 Å². The third kappa shape index (κ3) is 2.67. The van der Waals surface area contributed by atoms with Gasteiger partial charge in [-0.1, -0.05) is 18.0 Å². The second-order valence-corrected chi connectivity index (χ2v) is 6.84. The van der Waals surface area contributed by atoms with Gasteiger partial charge in [-0.2, -0.15) is 0 Å². The zero-order valence-corrected chi connectivity index (χ0v) is 12.2. The highest BCUT2D eigenvalue weighted by Crippen LogP contribution is 2.36. The van der Waals surface area contributed by atoms with Crippen molar-refractivity contribution in [3.63, 3.8) is 0 Å². The number of thiophene rings is 1. The molecule has 0 aromatic carbocycles. The number of rotatable bonds is 3. The van der Waals surface area contributed by atoms with E-state index in [0.717, 1.165) is 34.7 Å². The van der Waals surface area contributed by atoms with Gasteiger partial charge in [-0.15, -0.1) is 11.3 Å². The molecule has 2 aliphatic rings. The Kier molecular flexibility index (Phi) is 3.94. The molecule has 6 heteroatoms. The van der Waals surface area contributed by atoms with Crippen LogP contribution in [-0.4, -0.2) is 23.9 Å². The number of carbonyl (C=O) groups excluding carboxylic acids is 1. The molecule has 0 radical (unpaired) electrons. The summed E-state index contributed by atoms with van der Waals surface area (Å²) in [6, 6.07) is 3.74. The first-order chi connectivity index (χ1) is 9.78. The number of likely N-dealkylation sites (tertiary alicyclic amines) is 1. The maximum Gasteiger partial charge on any atom is 0.263 e. The summed E-state index contributed by atoms with van der Waals surface area (Å²) < 4.78 is 0. The molecule has 2 heterocycles. The van der Waals surface area contributed by atoms with Gasteiger partial charge >= 0.3 is 0 Å². The third-order valence-corrected chi connectivity index (χ3v) is 5.48. The Morgan fingerprint density at radius 1 is 1.35 bits per heavy atom. The maximum absolute atomic E-state index is 12.5. The van der Waals surface area contributed by atoms with E-state index >= 15 is 0 Å². The number of hydrogen-bond acceptors (Lipinski definition) is 3. The van der Waals surface area contributed by atoms with Crippen LogP contribution in [0.25, 0.3) is 10.4 Å². The number of azide groups is 1. The van der Waals surface area contributed by atoms with Crippen molar-refractivity contribution >= 4 is 17.2 Å². The molecule has 1 aromatic heterocycles. The molecule has 1 amide bonds. The van der Waals surface area contributed by atoms with E-state index in [4.69, 9.17) is 5.53 Å². The van der Waals surface area contributed by atoms with E-state index in [1.807, 2.05) is 17.0 Å². The number of amides is 1. The summed E-state index contributed by atoms with van der Waals surface area (Å²) in [7, 11) is 0. The quantitative estimate of drug-likeness (QED) is 0.474. The van der Waals surface area contributed by atoms with E-state index in [-0.39, 0.29) is 5.91 Å². The Morgan fingerprint density at radius 3 is 2.70 bits per heavy atom. The topological polar surface area (TPSA) is 69.1 Å². The summed E-state index contributed by atoms with van der Waals surface area (Å²) >= 11 is 1.44. The Hall–Kier alpha value is -1.52. The average Bonchev–Trinajstić information content (AvgIpc) is 3.10. The molecule has 0 N–H and O–H groups in total. The van der Waals surface area contributed by atoms with E-state index in [9.17, 15) is 4.79 Å². The predicted molar refractivity (Wildman–Crippen MR) is 78.5 cm³/mol. The second kappa shape index (κ2) is 5.85. The minimum atomic E-state index is 0.150. The second-order valence-electron chi connectivity index (χ2n) is 5.67. The highest BCUT2D eigenvalue weighted by molar-refractivity contribution is 7.14. The molecule has 3 rings (SSSR count).